The van der Waals surface area contributed by atoms with Crippen molar-refractivity contribution in [3.8, 4) is 5.75 Å². The Morgan fingerprint density at radius 2 is 2.29 bits per heavy atom. The molecule has 0 saturated carbocycles. The van der Waals surface area contributed by atoms with Gasteiger partial charge in [0.1, 0.15) is 11.6 Å². The minimum absolute atomic E-state index is 0.0248. The summed E-state index contributed by atoms with van der Waals surface area (Å²) in [6.07, 6.45) is -0.143. The molecule has 0 spiro atoms. The maximum absolute atomic E-state index is 12.7. The van der Waals surface area contributed by atoms with Gasteiger partial charge in [-0.15, -0.1) is 0 Å². The van der Waals surface area contributed by atoms with Crippen molar-refractivity contribution in [1.82, 2.24) is 0 Å². The highest BCUT2D eigenvalue weighted by molar-refractivity contribution is 5.66. The number of nitrogen functional groups attached to an aromatic ring is 1. The van der Waals surface area contributed by atoms with Crippen LogP contribution in [0.2, 0.25) is 0 Å². The van der Waals surface area contributed by atoms with E-state index >= 15 is 0 Å². The van der Waals surface area contributed by atoms with E-state index in [1.807, 2.05) is 0 Å². The molecule has 1 aromatic rings. The van der Waals surface area contributed by atoms with Gasteiger partial charge in [-0.3, -0.25) is 4.79 Å². The van der Waals surface area contributed by atoms with E-state index in [1.54, 1.807) is 0 Å². The first-order valence-corrected chi connectivity index (χ1v) is 3.99. The second-order valence-corrected chi connectivity index (χ2v) is 2.67. The van der Waals surface area contributed by atoms with Crippen LogP contribution in [0.15, 0.2) is 18.2 Å². The number of carboxylic acids is 1. The summed E-state index contributed by atoms with van der Waals surface area (Å²) < 4.78 is 17.7. The van der Waals surface area contributed by atoms with Crippen molar-refractivity contribution < 1.29 is 19.0 Å². The number of halogens is 1. The van der Waals surface area contributed by atoms with Gasteiger partial charge in [-0.1, -0.05) is 0 Å². The molecule has 14 heavy (non-hydrogen) atoms. The third-order valence-electron chi connectivity index (χ3n) is 1.55. The fraction of sp³-hybridized carbons (Fsp3) is 0.222. The van der Waals surface area contributed by atoms with Gasteiger partial charge in [0.25, 0.3) is 0 Å². The van der Waals surface area contributed by atoms with E-state index in [1.165, 1.54) is 12.1 Å². The van der Waals surface area contributed by atoms with Crippen LogP contribution in [0.25, 0.3) is 0 Å². The van der Waals surface area contributed by atoms with E-state index in [0.29, 0.717) is 0 Å². The van der Waals surface area contributed by atoms with Crippen molar-refractivity contribution in [2.24, 2.45) is 0 Å². The third kappa shape index (κ3) is 2.93. The molecule has 0 heterocycles. The van der Waals surface area contributed by atoms with Crippen LogP contribution >= 0.6 is 0 Å². The lowest BCUT2D eigenvalue weighted by Gasteiger charge is -2.06. The van der Waals surface area contributed by atoms with Crippen molar-refractivity contribution in [2.45, 2.75) is 6.42 Å². The maximum Gasteiger partial charge on any atom is 0.306 e. The van der Waals surface area contributed by atoms with Crippen LogP contribution in [-0.4, -0.2) is 17.7 Å². The zero-order chi connectivity index (χ0) is 10.6. The largest absolute Gasteiger partial charge is 0.491 e. The molecule has 0 atom stereocenters. The highest BCUT2D eigenvalue weighted by Crippen LogP contribution is 2.21. The van der Waals surface area contributed by atoms with Crippen molar-refractivity contribution >= 4 is 11.7 Å². The van der Waals surface area contributed by atoms with E-state index in [9.17, 15) is 9.18 Å². The van der Waals surface area contributed by atoms with Gasteiger partial charge in [0.15, 0.2) is 0 Å². The molecular weight excluding hydrogens is 189 g/mol. The standard InChI is InChI=1S/C9H10FNO3/c10-6-1-2-7(11)8(5-6)14-4-3-9(12)13/h1-2,5H,3-4,11H2,(H,12,13). The van der Waals surface area contributed by atoms with E-state index in [2.05, 4.69) is 0 Å². The van der Waals surface area contributed by atoms with Crippen LogP contribution in [0, 0.1) is 5.82 Å². The Hall–Kier alpha value is -1.78. The monoisotopic (exact) mass is 199 g/mol. The summed E-state index contributed by atoms with van der Waals surface area (Å²) in [5.74, 6) is -1.27. The van der Waals surface area contributed by atoms with Crippen LogP contribution < -0.4 is 10.5 Å². The van der Waals surface area contributed by atoms with E-state index in [0.717, 1.165) is 6.07 Å². The van der Waals surface area contributed by atoms with Crippen LogP contribution in [-0.2, 0) is 4.79 Å². The van der Waals surface area contributed by atoms with E-state index in [-0.39, 0.29) is 24.5 Å². The fourth-order valence-corrected chi connectivity index (χ4v) is 0.882. The summed E-state index contributed by atoms with van der Waals surface area (Å²) in [7, 11) is 0. The van der Waals surface area contributed by atoms with Gasteiger partial charge in [0.2, 0.25) is 0 Å². The normalized spacial score (nSPS) is 9.79. The van der Waals surface area contributed by atoms with E-state index in [4.69, 9.17) is 15.6 Å². The van der Waals surface area contributed by atoms with Gasteiger partial charge in [0.05, 0.1) is 18.7 Å². The number of aliphatic carboxylic acids is 1. The summed E-state index contributed by atoms with van der Waals surface area (Å²) in [5, 5.41) is 8.33. The molecule has 0 aliphatic rings. The number of benzene rings is 1. The van der Waals surface area contributed by atoms with Crippen LogP contribution in [0.3, 0.4) is 0 Å². The molecule has 0 radical (unpaired) electrons. The Labute approximate surface area is 80.1 Å². The number of carboxylic acid groups (broad SMARTS) is 1. The number of carbonyl (C=O) groups is 1. The Bertz CT molecular complexity index is 341. The van der Waals surface area contributed by atoms with Crippen molar-refractivity contribution in [3.63, 3.8) is 0 Å². The second kappa shape index (κ2) is 4.45. The Morgan fingerprint density at radius 1 is 1.57 bits per heavy atom. The molecule has 0 amide bonds. The van der Waals surface area contributed by atoms with Crippen LogP contribution in [0.1, 0.15) is 6.42 Å². The first-order valence-electron chi connectivity index (χ1n) is 3.99. The molecule has 1 aromatic carbocycles. The minimum atomic E-state index is -0.972. The van der Waals surface area contributed by atoms with Crippen molar-refractivity contribution in [2.75, 3.05) is 12.3 Å². The molecule has 0 saturated heterocycles. The predicted octanol–water partition coefficient (Wildman–Crippen LogP) is 1.26. The smallest absolute Gasteiger partial charge is 0.306 e. The molecule has 5 heteroatoms. The van der Waals surface area contributed by atoms with Crippen molar-refractivity contribution in [1.29, 1.82) is 0 Å². The van der Waals surface area contributed by atoms with Crippen molar-refractivity contribution in [3.05, 3.63) is 24.0 Å². The first kappa shape index (κ1) is 10.3. The average molecular weight is 199 g/mol. The van der Waals surface area contributed by atoms with Gasteiger partial charge in [-0.25, -0.2) is 4.39 Å². The number of hydrogen-bond donors (Lipinski definition) is 2. The summed E-state index contributed by atoms with van der Waals surface area (Å²) in [6, 6.07) is 3.70. The molecule has 4 nitrogen and oxygen atoms in total. The SMILES string of the molecule is Nc1ccc(F)cc1OCCC(=O)O. The summed E-state index contributed by atoms with van der Waals surface area (Å²) in [4.78, 5) is 10.2. The zero-order valence-electron chi connectivity index (χ0n) is 7.37. The number of anilines is 1. The Kier molecular flexibility index (Phi) is 3.28. The number of nitrogens with two attached hydrogens (primary N) is 1. The molecule has 0 aliphatic carbocycles. The molecule has 0 aromatic heterocycles. The van der Waals surface area contributed by atoms with Gasteiger partial charge >= 0.3 is 5.97 Å². The zero-order valence-corrected chi connectivity index (χ0v) is 7.37. The molecule has 76 valence electrons. The van der Waals surface area contributed by atoms with Gasteiger partial charge < -0.3 is 15.6 Å². The Balaban J connectivity index is 2.57. The molecule has 3 N–H and O–H groups in total. The lowest BCUT2D eigenvalue weighted by Crippen LogP contribution is -2.06. The summed E-state index contributed by atoms with van der Waals surface area (Å²) >= 11 is 0. The molecular formula is C9H10FNO3. The highest BCUT2D eigenvalue weighted by atomic mass is 19.1. The third-order valence-corrected chi connectivity index (χ3v) is 1.55. The molecule has 1 rings (SSSR count). The Morgan fingerprint density at radius 3 is 2.93 bits per heavy atom. The predicted molar refractivity (Wildman–Crippen MR) is 48.6 cm³/mol. The molecule has 0 bridgehead atoms. The van der Waals surface area contributed by atoms with Gasteiger partial charge in [0, 0.05) is 6.07 Å². The highest BCUT2D eigenvalue weighted by Gasteiger charge is 2.03. The number of ether oxygens (including phenoxy) is 1. The quantitative estimate of drug-likeness (QED) is 0.716. The van der Waals surface area contributed by atoms with Gasteiger partial charge in [-0.2, -0.15) is 0 Å². The van der Waals surface area contributed by atoms with Gasteiger partial charge in [-0.05, 0) is 12.1 Å². The van der Waals surface area contributed by atoms with Crippen LogP contribution in [0.5, 0.6) is 5.75 Å². The number of hydrogen-bond acceptors (Lipinski definition) is 3. The summed E-state index contributed by atoms with van der Waals surface area (Å²) in [6.45, 7) is -0.0248. The summed E-state index contributed by atoms with van der Waals surface area (Å²) in [5.41, 5.74) is 5.76. The molecule has 0 fully saturated rings. The van der Waals surface area contributed by atoms with Crippen LogP contribution in [0.4, 0.5) is 10.1 Å². The minimum Gasteiger partial charge on any atom is -0.491 e. The first-order chi connectivity index (χ1) is 6.59. The maximum atomic E-state index is 12.7. The average Bonchev–Trinajstić information content (AvgIpc) is 2.10. The van der Waals surface area contributed by atoms with E-state index < -0.39 is 11.8 Å². The lowest BCUT2D eigenvalue weighted by molar-refractivity contribution is -0.137. The second-order valence-electron chi connectivity index (χ2n) is 2.67. The molecule has 0 unspecified atom stereocenters. The lowest BCUT2D eigenvalue weighted by atomic mass is 10.3. The molecule has 0 aliphatic heterocycles. The number of rotatable bonds is 4. The fourth-order valence-electron chi connectivity index (χ4n) is 0.882. The topological polar surface area (TPSA) is 72.5 Å².